The highest BCUT2D eigenvalue weighted by atomic mass is 35.5. The topological polar surface area (TPSA) is 58.2 Å². The Morgan fingerprint density at radius 3 is 2.54 bits per heavy atom. The molecule has 1 aliphatic heterocycles. The molecule has 136 valence electrons. The molecule has 0 aliphatic carbocycles. The molecule has 0 radical (unpaired) electrons. The molecule has 1 heterocycles. The van der Waals surface area contributed by atoms with Gasteiger partial charge in [-0.15, -0.1) is 0 Å². The van der Waals surface area contributed by atoms with Crippen molar-refractivity contribution >= 4 is 23.4 Å². The van der Waals surface area contributed by atoms with Crippen LogP contribution in [0, 0.1) is 5.82 Å². The molecule has 2 N–H and O–H groups in total. The van der Waals surface area contributed by atoms with Gasteiger partial charge in [0, 0.05) is 17.5 Å². The Morgan fingerprint density at radius 2 is 1.92 bits per heavy atom. The van der Waals surface area contributed by atoms with E-state index in [0.717, 1.165) is 12.0 Å². The minimum absolute atomic E-state index is 0.00314. The fraction of sp³-hybridized carbons (Fsp3) is 0.300. The lowest BCUT2D eigenvalue weighted by molar-refractivity contribution is -0.119. The Labute approximate surface area is 156 Å². The first-order valence-electron chi connectivity index (χ1n) is 8.44. The Kier molecular flexibility index (Phi) is 5.01. The van der Waals surface area contributed by atoms with Crippen LogP contribution < -0.4 is 10.6 Å². The number of hydrogen-bond acceptors (Lipinski definition) is 2. The van der Waals surface area contributed by atoms with E-state index in [1.165, 1.54) is 6.07 Å². The van der Waals surface area contributed by atoms with Gasteiger partial charge in [-0.3, -0.25) is 9.59 Å². The van der Waals surface area contributed by atoms with E-state index in [2.05, 4.69) is 10.6 Å². The highest BCUT2D eigenvalue weighted by Crippen LogP contribution is 2.28. The monoisotopic (exact) mass is 374 g/mol. The predicted octanol–water partition coefficient (Wildman–Crippen LogP) is 4.10. The van der Waals surface area contributed by atoms with E-state index in [-0.39, 0.29) is 22.9 Å². The number of rotatable bonds is 4. The van der Waals surface area contributed by atoms with Crippen LogP contribution in [0.2, 0.25) is 5.02 Å². The van der Waals surface area contributed by atoms with Gasteiger partial charge >= 0.3 is 0 Å². The second kappa shape index (κ2) is 7.08. The number of benzene rings is 2. The Hall–Kier alpha value is -2.40. The summed E-state index contributed by atoms with van der Waals surface area (Å²) < 4.78 is 14.3. The molecular weight excluding hydrogens is 355 g/mol. The number of carbonyl (C=O) groups is 2. The van der Waals surface area contributed by atoms with E-state index in [1.807, 2.05) is 12.1 Å². The normalized spacial score (nSPS) is 17.1. The minimum atomic E-state index is -0.926. The summed E-state index contributed by atoms with van der Waals surface area (Å²) in [7, 11) is 0. The van der Waals surface area contributed by atoms with Gasteiger partial charge < -0.3 is 10.6 Å². The van der Waals surface area contributed by atoms with Crippen molar-refractivity contribution in [1.29, 1.82) is 0 Å². The molecule has 1 saturated heterocycles. The molecule has 4 nitrogen and oxygen atoms in total. The van der Waals surface area contributed by atoms with Crippen LogP contribution in [0.3, 0.4) is 0 Å². The van der Waals surface area contributed by atoms with E-state index in [9.17, 15) is 14.0 Å². The van der Waals surface area contributed by atoms with Crippen LogP contribution in [-0.4, -0.2) is 11.8 Å². The molecule has 0 bridgehead atoms. The number of hydrogen-bond donors (Lipinski definition) is 2. The first-order chi connectivity index (χ1) is 12.3. The summed E-state index contributed by atoms with van der Waals surface area (Å²) in [6, 6.07) is 11.8. The zero-order valence-electron chi connectivity index (χ0n) is 14.6. The van der Waals surface area contributed by atoms with Crippen molar-refractivity contribution in [3.63, 3.8) is 0 Å². The van der Waals surface area contributed by atoms with E-state index in [4.69, 9.17) is 11.6 Å². The summed E-state index contributed by atoms with van der Waals surface area (Å²) in [6.45, 7) is 3.45. The quantitative estimate of drug-likeness (QED) is 0.846. The third-order valence-corrected chi connectivity index (χ3v) is 4.91. The average molecular weight is 375 g/mol. The maximum absolute atomic E-state index is 14.3. The number of halogens is 2. The molecule has 0 aromatic heterocycles. The van der Waals surface area contributed by atoms with Gasteiger partial charge in [0.2, 0.25) is 5.91 Å². The molecule has 1 atom stereocenters. The van der Waals surface area contributed by atoms with E-state index >= 15 is 0 Å². The van der Waals surface area contributed by atoms with Gasteiger partial charge in [-0.1, -0.05) is 35.9 Å². The van der Waals surface area contributed by atoms with Crippen LogP contribution in [0.25, 0.3) is 0 Å². The standard InChI is InChI=1S/C20H20ClFN2O2/c1-20(2,14-4-3-5-15(21)18(14)22)24-19(26)13-8-6-12(7-9-13)16-10-11-17(25)23-16/h3-9,16H,10-11H2,1-2H3,(H,23,25)(H,24,26). The Balaban J connectivity index is 1.75. The van der Waals surface area contributed by atoms with Crippen molar-refractivity contribution < 1.29 is 14.0 Å². The third kappa shape index (κ3) is 3.73. The summed E-state index contributed by atoms with van der Waals surface area (Å²) >= 11 is 5.85. The number of nitrogens with one attached hydrogen (secondary N) is 2. The molecule has 2 aromatic rings. The van der Waals surface area contributed by atoms with Crippen molar-refractivity contribution in [2.45, 2.75) is 38.3 Å². The van der Waals surface area contributed by atoms with Crippen LogP contribution in [0.15, 0.2) is 42.5 Å². The first kappa shape index (κ1) is 18.4. The highest BCUT2D eigenvalue weighted by molar-refractivity contribution is 6.30. The van der Waals surface area contributed by atoms with Gasteiger partial charge in [-0.25, -0.2) is 4.39 Å². The lowest BCUT2D eigenvalue weighted by atomic mass is 9.93. The second-order valence-corrected chi connectivity index (χ2v) is 7.37. The van der Waals surface area contributed by atoms with E-state index in [1.54, 1.807) is 38.1 Å². The van der Waals surface area contributed by atoms with Crippen molar-refractivity contribution in [2.75, 3.05) is 0 Å². The fourth-order valence-electron chi connectivity index (χ4n) is 3.14. The fourth-order valence-corrected chi connectivity index (χ4v) is 3.32. The number of amides is 2. The lowest BCUT2D eigenvalue weighted by Gasteiger charge is -2.27. The highest BCUT2D eigenvalue weighted by Gasteiger charge is 2.28. The molecule has 0 saturated carbocycles. The van der Waals surface area contributed by atoms with Gasteiger partial charge in [0.15, 0.2) is 0 Å². The predicted molar refractivity (Wildman–Crippen MR) is 98.5 cm³/mol. The van der Waals surface area contributed by atoms with Gasteiger partial charge in [-0.05, 0) is 44.0 Å². The van der Waals surface area contributed by atoms with Gasteiger partial charge in [0.05, 0.1) is 16.6 Å². The largest absolute Gasteiger partial charge is 0.349 e. The second-order valence-electron chi connectivity index (χ2n) is 6.96. The SMILES string of the molecule is CC(C)(NC(=O)c1ccc(C2CCC(=O)N2)cc1)c1cccc(Cl)c1F. The summed E-state index contributed by atoms with van der Waals surface area (Å²) in [5.74, 6) is -0.801. The van der Waals surface area contributed by atoms with Crippen LogP contribution in [0.5, 0.6) is 0 Å². The first-order valence-corrected chi connectivity index (χ1v) is 8.82. The molecule has 2 amide bonds. The molecule has 26 heavy (non-hydrogen) atoms. The van der Waals surface area contributed by atoms with Crippen molar-refractivity contribution in [3.8, 4) is 0 Å². The van der Waals surface area contributed by atoms with Crippen molar-refractivity contribution in [2.24, 2.45) is 0 Å². The van der Waals surface area contributed by atoms with E-state index < -0.39 is 11.4 Å². The van der Waals surface area contributed by atoms with Gasteiger partial charge in [-0.2, -0.15) is 0 Å². The van der Waals surface area contributed by atoms with Crippen molar-refractivity contribution in [3.05, 3.63) is 70.0 Å². The molecule has 1 unspecified atom stereocenters. The van der Waals surface area contributed by atoms with Crippen LogP contribution in [0.4, 0.5) is 4.39 Å². The van der Waals surface area contributed by atoms with Crippen LogP contribution >= 0.6 is 11.6 Å². The smallest absolute Gasteiger partial charge is 0.251 e. The van der Waals surface area contributed by atoms with Crippen molar-refractivity contribution in [1.82, 2.24) is 10.6 Å². The molecule has 0 spiro atoms. The summed E-state index contributed by atoms with van der Waals surface area (Å²) in [5.41, 5.74) is 0.828. The van der Waals surface area contributed by atoms with Gasteiger partial charge in [0.1, 0.15) is 5.82 Å². The van der Waals surface area contributed by atoms with Crippen LogP contribution in [-0.2, 0) is 10.3 Å². The lowest BCUT2D eigenvalue weighted by Crippen LogP contribution is -2.41. The van der Waals surface area contributed by atoms with E-state index in [0.29, 0.717) is 17.5 Å². The zero-order valence-corrected chi connectivity index (χ0v) is 15.4. The molecule has 2 aromatic carbocycles. The summed E-state index contributed by atoms with van der Waals surface area (Å²) in [5, 5.41) is 5.76. The molecule has 1 fully saturated rings. The maximum atomic E-state index is 14.3. The Bertz CT molecular complexity index is 849. The molecular formula is C20H20ClFN2O2. The Morgan fingerprint density at radius 1 is 1.23 bits per heavy atom. The summed E-state index contributed by atoms with van der Waals surface area (Å²) in [4.78, 5) is 23.9. The molecule has 3 rings (SSSR count). The van der Waals surface area contributed by atoms with Gasteiger partial charge in [0.25, 0.3) is 5.91 Å². The third-order valence-electron chi connectivity index (χ3n) is 4.62. The maximum Gasteiger partial charge on any atom is 0.251 e. The molecule has 1 aliphatic rings. The zero-order chi connectivity index (χ0) is 18.9. The summed E-state index contributed by atoms with van der Waals surface area (Å²) in [6.07, 6.45) is 1.28. The van der Waals surface area contributed by atoms with Crippen LogP contribution in [0.1, 0.15) is 54.2 Å². The molecule has 6 heteroatoms. The average Bonchev–Trinajstić information content (AvgIpc) is 3.03. The number of carbonyl (C=O) groups excluding carboxylic acids is 2. The minimum Gasteiger partial charge on any atom is -0.349 e.